The molecule has 0 atom stereocenters. The van der Waals surface area contributed by atoms with Crippen LogP contribution in [0.1, 0.15) is 27.2 Å². The van der Waals surface area contributed by atoms with Gasteiger partial charge in [0.15, 0.2) is 0 Å². The fourth-order valence-electron chi connectivity index (χ4n) is 0.381. The van der Waals surface area contributed by atoms with E-state index in [4.69, 9.17) is 0 Å². The van der Waals surface area contributed by atoms with Gasteiger partial charge in [-0.3, -0.25) is 0 Å². The molecule has 0 unspecified atom stereocenters. The minimum atomic E-state index is 0. The molecule has 0 aliphatic heterocycles. The Kier molecular flexibility index (Phi) is 12.7. The first-order valence-corrected chi connectivity index (χ1v) is 2.64. The van der Waals surface area contributed by atoms with Crippen LogP contribution in [0.4, 0.5) is 0 Å². The Morgan fingerprint density at radius 2 is 2.00 bits per heavy atom. The highest BCUT2D eigenvalue weighted by Crippen LogP contribution is 1.88. The summed E-state index contributed by atoms with van der Waals surface area (Å²) in [4.78, 5) is 0. The summed E-state index contributed by atoms with van der Waals surface area (Å²) in [6.45, 7) is 5.63. The number of allylic oxidation sites excluding steroid dienone is 3. The zero-order valence-corrected chi connectivity index (χ0v) is 4.85. The molecule has 0 aromatic rings. The largest absolute Gasteiger partial charge is 0.103 e. The van der Waals surface area contributed by atoms with Gasteiger partial charge in [0.1, 0.15) is 0 Å². The van der Waals surface area contributed by atoms with Crippen LogP contribution in [0.5, 0.6) is 0 Å². The predicted molar refractivity (Wildman–Crippen MR) is 41.0 cm³/mol. The molecule has 0 radical (unpaired) electrons. The summed E-state index contributed by atoms with van der Waals surface area (Å²) in [6.07, 6.45) is 8.37. The normalized spacial score (nSPS) is 8.62. The topological polar surface area (TPSA) is 0 Å². The Labute approximate surface area is 52.9 Å². The molecule has 0 rings (SSSR count). The standard InChI is InChI=1S/C7H12.CH4/c1-3-5-7-6-4-2;/h3-4,6H,1,5,7H2,2H3;1H4. The number of rotatable bonds is 3. The first kappa shape index (κ1) is 10.5. The summed E-state index contributed by atoms with van der Waals surface area (Å²) >= 11 is 0. The summed E-state index contributed by atoms with van der Waals surface area (Å²) in [5, 5.41) is 0. The van der Waals surface area contributed by atoms with Gasteiger partial charge in [0.05, 0.1) is 0 Å². The average Bonchev–Trinajstić information content (AvgIpc) is 1.69. The maximum absolute atomic E-state index is 3.60. The van der Waals surface area contributed by atoms with Gasteiger partial charge < -0.3 is 0 Å². The smallest absolute Gasteiger partial charge is 0.0316 e. The molecular weight excluding hydrogens is 96.1 g/mol. The number of hydrogen-bond acceptors (Lipinski definition) is 0. The molecular formula is C8H16. The van der Waals surface area contributed by atoms with Gasteiger partial charge in [0.2, 0.25) is 0 Å². The third-order valence-electron chi connectivity index (χ3n) is 0.773. The molecule has 0 aromatic carbocycles. The molecule has 0 fully saturated rings. The predicted octanol–water partition coefficient (Wildman–Crippen LogP) is 3.16. The lowest BCUT2D eigenvalue weighted by Gasteiger charge is -1.79. The summed E-state index contributed by atoms with van der Waals surface area (Å²) < 4.78 is 0. The van der Waals surface area contributed by atoms with Crippen LogP contribution in [-0.4, -0.2) is 0 Å². The van der Waals surface area contributed by atoms with Crippen molar-refractivity contribution in [1.29, 1.82) is 0 Å². The Morgan fingerprint density at radius 3 is 2.38 bits per heavy atom. The summed E-state index contributed by atoms with van der Waals surface area (Å²) in [6, 6.07) is 0. The van der Waals surface area contributed by atoms with Crippen molar-refractivity contribution >= 4 is 0 Å². The fraction of sp³-hybridized carbons (Fsp3) is 0.500. The second-order valence-electron chi connectivity index (χ2n) is 1.44. The SMILES string of the molecule is C.C=CCCC=CC. The van der Waals surface area contributed by atoms with E-state index < -0.39 is 0 Å². The molecule has 0 bridgehead atoms. The molecule has 0 heteroatoms. The van der Waals surface area contributed by atoms with Crippen molar-refractivity contribution in [1.82, 2.24) is 0 Å². The Bertz CT molecular complexity index is 60.4. The van der Waals surface area contributed by atoms with Gasteiger partial charge in [-0.05, 0) is 19.8 Å². The van der Waals surface area contributed by atoms with E-state index in [1.165, 1.54) is 0 Å². The van der Waals surface area contributed by atoms with Crippen LogP contribution in [0.25, 0.3) is 0 Å². The van der Waals surface area contributed by atoms with Gasteiger partial charge in [-0.15, -0.1) is 6.58 Å². The number of hydrogen-bond donors (Lipinski definition) is 0. The Balaban J connectivity index is 0. The molecule has 0 amide bonds. The van der Waals surface area contributed by atoms with Crippen molar-refractivity contribution in [3.8, 4) is 0 Å². The summed E-state index contributed by atoms with van der Waals surface area (Å²) in [5.74, 6) is 0. The van der Waals surface area contributed by atoms with Crippen LogP contribution in [0.2, 0.25) is 0 Å². The van der Waals surface area contributed by atoms with Gasteiger partial charge in [0.25, 0.3) is 0 Å². The molecule has 8 heavy (non-hydrogen) atoms. The lowest BCUT2D eigenvalue weighted by Crippen LogP contribution is -1.58. The molecule has 48 valence electrons. The molecule has 0 nitrogen and oxygen atoms in total. The second kappa shape index (κ2) is 9.70. The van der Waals surface area contributed by atoms with Crippen molar-refractivity contribution in [3.05, 3.63) is 24.8 Å². The van der Waals surface area contributed by atoms with Gasteiger partial charge >= 0.3 is 0 Å². The molecule has 0 heterocycles. The van der Waals surface area contributed by atoms with E-state index in [0.29, 0.717) is 0 Å². The van der Waals surface area contributed by atoms with Crippen LogP contribution in [-0.2, 0) is 0 Å². The maximum atomic E-state index is 3.60. The fourth-order valence-corrected chi connectivity index (χ4v) is 0.381. The van der Waals surface area contributed by atoms with Crippen molar-refractivity contribution in [2.45, 2.75) is 27.2 Å². The third kappa shape index (κ3) is 9.08. The van der Waals surface area contributed by atoms with Gasteiger partial charge in [0, 0.05) is 0 Å². The third-order valence-corrected chi connectivity index (χ3v) is 0.773. The van der Waals surface area contributed by atoms with E-state index in [1.54, 1.807) is 0 Å². The monoisotopic (exact) mass is 112 g/mol. The highest BCUT2D eigenvalue weighted by Gasteiger charge is 1.68. The van der Waals surface area contributed by atoms with Crippen LogP contribution >= 0.6 is 0 Å². The molecule has 0 aliphatic rings. The maximum Gasteiger partial charge on any atom is -0.0316 e. The zero-order valence-electron chi connectivity index (χ0n) is 4.85. The van der Waals surface area contributed by atoms with Crippen molar-refractivity contribution in [2.75, 3.05) is 0 Å². The van der Waals surface area contributed by atoms with Crippen LogP contribution in [0.3, 0.4) is 0 Å². The minimum absolute atomic E-state index is 0. The van der Waals surface area contributed by atoms with Crippen molar-refractivity contribution in [2.24, 2.45) is 0 Å². The van der Waals surface area contributed by atoms with Gasteiger partial charge in [-0.2, -0.15) is 0 Å². The molecule has 0 aliphatic carbocycles. The van der Waals surface area contributed by atoms with Crippen LogP contribution < -0.4 is 0 Å². The van der Waals surface area contributed by atoms with Crippen LogP contribution in [0, 0.1) is 0 Å². The lowest BCUT2D eigenvalue weighted by atomic mass is 10.3. The van der Waals surface area contributed by atoms with Crippen molar-refractivity contribution < 1.29 is 0 Å². The highest BCUT2D eigenvalue weighted by atomic mass is 13.7. The Morgan fingerprint density at radius 1 is 1.38 bits per heavy atom. The zero-order chi connectivity index (χ0) is 5.54. The van der Waals surface area contributed by atoms with Crippen LogP contribution in [0.15, 0.2) is 24.8 Å². The van der Waals surface area contributed by atoms with Crippen molar-refractivity contribution in [3.63, 3.8) is 0 Å². The summed E-state index contributed by atoms with van der Waals surface area (Å²) in [7, 11) is 0. The molecule has 0 aromatic heterocycles. The van der Waals surface area contributed by atoms with E-state index in [2.05, 4.69) is 18.7 Å². The highest BCUT2D eigenvalue weighted by molar-refractivity contribution is 4.80. The summed E-state index contributed by atoms with van der Waals surface area (Å²) in [5.41, 5.74) is 0. The molecule has 0 spiro atoms. The number of unbranched alkanes of at least 4 members (excludes halogenated alkanes) is 1. The van der Waals surface area contributed by atoms with E-state index in [1.807, 2.05) is 13.0 Å². The van der Waals surface area contributed by atoms with E-state index in [0.717, 1.165) is 12.8 Å². The van der Waals surface area contributed by atoms with E-state index >= 15 is 0 Å². The lowest BCUT2D eigenvalue weighted by molar-refractivity contribution is 1.05. The average molecular weight is 112 g/mol. The van der Waals surface area contributed by atoms with E-state index in [-0.39, 0.29) is 7.43 Å². The minimum Gasteiger partial charge on any atom is -0.103 e. The van der Waals surface area contributed by atoms with Gasteiger partial charge in [-0.25, -0.2) is 0 Å². The van der Waals surface area contributed by atoms with Gasteiger partial charge in [-0.1, -0.05) is 25.7 Å². The van der Waals surface area contributed by atoms with E-state index in [9.17, 15) is 0 Å². The first-order valence-electron chi connectivity index (χ1n) is 2.64. The first-order chi connectivity index (χ1) is 3.41. The Hall–Kier alpha value is -0.520. The molecule has 0 saturated heterocycles. The molecule has 0 N–H and O–H groups in total. The molecule has 0 saturated carbocycles. The quantitative estimate of drug-likeness (QED) is 0.388. The second-order valence-corrected chi connectivity index (χ2v) is 1.44.